The van der Waals surface area contributed by atoms with Gasteiger partial charge in [-0.3, -0.25) is 14.7 Å². The molecule has 1 fully saturated rings. The van der Waals surface area contributed by atoms with Crippen LogP contribution in [0, 0.1) is 0 Å². The Labute approximate surface area is 85.6 Å². The van der Waals surface area contributed by atoms with E-state index in [4.69, 9.17) is 0 Å². The summed E-state index contributed by atoms with van der Waals surface area (Å²) >= 11 is 0. The molecule has 2 heterocycles. The van der Waals surface area contributed by atoms with Gasteiger partial charge in [0, 0.05) is 31.4 Å². The number of aromatic amines is 2. The van der Waals surface area contributed by atoms with E-state index in [-0.39, 0.29) is 6.10 Å². The van der Waals surface area contributed by atoms with Crippen LogP contribution in [0.4, 0.5) is 0 Å². The maximum atomic E-state index is 11.0. The van der Waals surface area contributed by atoms with Gasteiger partial charge in [-0.25, -0.2) is 4.79 Å². The molecular weight excluding hydrogens is 198 g/mol. The minimum absolute atomic E-state index is 0.293. The molecule has 1 aromatic heterocycles. The summed E-state index contributed by atoms with van der Waals surface area (Å²) in [6.45, 7) is 1.88. The van der Waals surface area contributed by atoms with E-state index in [1.54, 1.807) is 0 Å². The fourth-order valence-corrected chi connectivity index (χ4v) is 1.80. The van der Waals surface area contributed by atoms with E-state index in [2.05, 4.69) is 9.97 Å². The van der Waals surface area contributed by atoms with Gasteiger partial charge in [-0.1, -0.05) is 0 Å². The summed E-state index contributed by atoms with van der Waals surface area (Å²) in [5.74, 6) is 0. The normalized spacial score (nSPS) is 22.1. The molecule has 1 unspecified atom stereocenters. The van der Waals surface area contributed by atoms with Crippen molar-refractivity contribution in [2.75, 3.05) is 13.1 Å². The van der Waals surface area contributed by atoms with Gasteiger partial charge < -0.3 is 10.1 Å². The smallest absolute Gasteiger partial charge is 0.325 e. The van der Waals surface area contributed by atoms with E-state index < -0.39 is 11.2 Å². The van der Waals surface area contributed by atoms with E-state index >= 15 is 0 Å². The first kappa shape index (κ1) is 10.1. The first-order valence-electron chi connectivity index (χ1n) is 4.86. The van der Waals surface area contributed by atoms with Crippen LogP contribution in [-0.4, -0.2) is 39.2 Å². The van der Waals surface area contributed by atoms with Crippen molar-refractivity contribution in [3.63, 3.8) is 0 Å². The van der Waals surface area contributed by atoms with Crippen molar-refractivity contribution < 1.29 is 5.11 Å². The molecule has 82 valence electrons. The van der Waals surface area contributed by atoms with E-state index in [1.807, 2.05) is 4.90 Å². The molecule has 0 radical (unpaired) electrons. The van der Waals surface area contributed by atoms with Crippen LogP contribution < -0.4 is 11.2 Å². The summed E-state index contributed by atoms with van der Waals surface area (Å²) in [5.41, 5.74) is -0.302. The van der Waals surface area contributed by atoms with E-state index in [1.165, 1.54) is 6.07 Å². The highest BCUT2D eigenvalue weighted by Gasteiger charge is 2.20. The van der Waals surface area contributed by atoms with Gasteiger partial charge in [-0.2, -0.15) is 0 Å². The van der Waals surface area contributed by atoms with Gasteiger partial charge in [-0.05, 0) is 6.42 Å². The lowest BCUT2D eigenvalue weighted by Crippen LogP contribution is -2.27. The minimum atomic E-state index is -0.489. The summed E-state index contributed by atoms with van der Waals surface area (Å²) < 4.78 is 0. The number of β-amino-alcohol motifs (C(OH)–C–C–N with tert-alkyl or cyclic N) is 1. The van der Waals surface area contributed by atoms with Crippen LogP contribution in [-0.2, 0) is 6.54 Å². The Hall–Kier alpha value is -1.40. The third-order valence-electron chi connectivity index (χ3n) is 2.46. The van der Waals surface area contributed by atoms with Gasteiger partial charge in [0.05, 0.1) is 6.10 Å². The first-order valence-corrected chi connectivity index (χ1v) is 4.86. The Kier molecular flexibility index (Phi) is 2.70. The van der Waals surface area contributed by atoms with Crippen molar-refractivity contribution in [3.05, 3.63) is 32.6 Å². The van der Waals surface area contributed by atoms with Crippen LogP contribution in [0.1, 0.15) is 12.1 Å². The van der Waals surface area contributed by atoms with Gasteiger partial charge in [0.15, 0.2) is 0 Å². The monoisotopic (exact) mass is 211 g/mol. The molecule has 2 rings (SSSR count). The van der Waals surface area contributed by atoms with Crippen molar-refractivity contribution in [2.24, 2.45) is 0 Å². The number of nitrogens with zero attached hydrogens (tertiary/aromatic N) is 1. The topological polar surface area (TPSA) is 89.2 Å². The van der Waals surface area contributed by atoms with Crippen LogP contribution in [0.5, 0.6) is 0 Å². The zero-order valence-electron chi connectivity index (χ0n) is 8.19. The lowest BCUT2D eigenvalue weighted by atomic mass is 10.3. The van der Waals surface area contributed by atoms with Gasteiger partial charge in [0.25, 0.3) is 5.56 Å². The van der Waals surface area contributed by atoms with Crippen LogP contribution in [0.2, 0.25) is 0 Å². The predicted octanol–water partition coefficient (Wildman–Crippen LogP) is -1.37. The third kappa shape index (κ3) is 2.54. The summed E-state index contributed by atoms with van der Waals surface area (Å²) in [6, 6.07) is 1.37. The molecule has 0 aliphatic carbocycles. The molecule has 1 atom stereocenters. The summed E-state index contributed by atoms with van der Waals surface area (Å²) in [7, 11) is 0. The van der Waals surface area contributed by atoms with Crippen LogP contribution in [0.15, 0.2) is 15.7 Å². The lowest BCUT2D eigenvalue weighted by Gasteiger charge is -2.13. The second-order valence-corrected chi connectivity index (χ2v) is 3.79. The quantitative estimate of drug-likeness (QED) is 0.563. The van der Waals surface area contributed by atoms with Crippen molar-refractivity contribution in [1.82, 2.24) is 14.9 Å². The van der Waals surface area contributed by atoms with E-state index in [9.17, 15) is 14.7 Å². The number of aliphatic hydroxyl groups excluding tert-OH is 1. The first-order chi connectivity index (χ1) is 7.13. The highest BCUT2D eigenvalue weighted by atomic mass is 16.3. The minimum Gasteiger partial charge on any atom is -0.392 e. The number of H-pyrrole nitrogens is 2. The Bertz CT molecular complexity index is 422. The fourth-order valence-electron chi connectivity index (χ4n) is 1.80. The Balaban J connectivity index is 2.11. The molecule has 0 saturated carbocycles. The molecule has 0 amide bonds. The zero-order valence-corrected chi connectivity index (χ0v) is 8.19. The van der Waals surface area contributed by atoms with Crippen LogP contribution >= 0.6 is 0 Å². The van der Waals surface area contributed by atoms with E-state index in [0.717, 1.165) is 13.0 Å². The Morgan fingerprint density at radius 3 is 2.87 bits per heavy atom. The fraction of sp³-hybridized carbons (Fsp3) is 0.556. The molecule has 0 spiro atoms. The molecule has 6 heteroatoms. The number of hydrogen-bond donors (Lipinski definition) is 3. The number of hydrogen-bond acceptors (Lipinski definition) is 4. The Morgan fingerprint density at radius 2 is 2.27 bits per heavy atom. The van der Waals surface area contributed by atoms with Crippen molar-refractivity contribution in [2.45, 2.75) is 19.1 Å². The van der Waals surface area contributed by atoms with Gasteiger partial charge in [-0.15, -0.1) is 0 Å². The highest BCUT2D eigenvalue weighted by Crippen LogP contribution is 2.10. The lowest BCUT2D eigenvalue weighted by molar-refractivity contribution is 0.174. The molecule has 1 saturated heterocycles. The maximum Gasteiger partial charge on any atom is 0.325 e. The number of likely N-dealkylation sites (tertiary alicyclic amines) is 1. The summed E-state index contributed by atoms with van der Waals surface area (Å²) in [6.07, 6.45) is 0.451. The molecule has 3 N–H and O–H groups in total. The van der Waals surface area contributed by atoms with Gasteiger partial charge >= 0.3 is 5.69 Å². The zero-order chi connectivity index (χ0) is 10.8. The number of aliphatic hydroxyl groups is 1. The molecule has 1 aliphatic rings. The average molecular weight is 211 g/mol. The summed E-state index contributed by atoms with van der Waals surface area (Å²) in [5, 5.41) is 9.31. The summed E-state index contributed by atoms with van der Waals surface area (Å²) in [4.78, 5) is 28.6. The number of rotatable bonds is 2. The molecule has 6 nitrogen and oxygen atoms in total. The van der Waals surface area contributed by atoms with E-state index in [0.29, 0.717) is 18.8 Å². The van der Waals surface area contributed by atoms with Crippen molar-refractivity contribution >= 4 is 0 Å². The molecular formula is C9H13N3O3. The Morgan fingerprint density at radius 1 is 1.47 bits per heavy atom. The molecule has 1 aliphatic heterocycles. The standard InChI is InChI=1S/C9H13N3O3/c13-7-1-2-12(5-7)4-6-3-8(14)11-9(15)10-6/h3,7,13H,1-2,4-5H2,(H2,10,11,14,15). The average Bonchev–Trinajstić information content (AvgIpc) is 2.49. The number of aromatic nitrogens is 2. The van der Waals surface area contributed by atoms with Crippen LogP contribution in [0.3, 0.4) is 0 Å². The molecule has 1 aromatic rings. The highest BCUT2D eigenvalue weighted by molar-refractivity contribution is 4.99. The largest absolute Gasteiger partial charge is 0.392 e. The number of nitrogens with one attached hydrogen (secondary N) is 2. The SMILES string of the molecule is O=c1cc(CN2CCC(O)C2)[nH]c(=O)[nH]1. The second-order valence-electron chi connectivity index (χ2n) is 3.79. The van der Waals surface area contributed by atoms with Crippen molar-refractivity contribution in [3.8, 4) is 0 Å². The van der Waals surface area contributed by atoms with Gasteiger partial charge in [0.2, 0.25) is 0 Å². The maximum absolute atomic E-state index is 11.0. The third-order valence-corrected chi connectivity index (χ3v) is 2.46. The second kappa shape index (κ2) is 4.00. The van der Waals surface area contributed by atoms with Gasteiger partial charge in [0.1, 0.15) is 0 Å². The molecule has 0 bridgehead atoms. The molecule has 0 aromatic carbocycles. The predicted molar refractivity (Wildman–Crippen MR) is 53.6 cm³/mol. The molecule has 15 heavy (non-hydrogen) atoms. The van der Waals surface area contributed by atoms with Crippen molar-refractivity contribution in [1.29, 1.82) is 0 Å². The van der Waals surface area contributed by atoms with Crippen LogP contribution in [0.25, 0.3) is 0 Å².